The lowest BCUT2D eigenvalue weighted by molar-refractivity contribution is -0.142. The van der Waals surface area contributed by atoms with E-state index in [0.29, 0.717) is 48.5 Å². The standard InChI is InChI=1S/C22H20N4O5/c27-20-15-6-2-1-5-14(15)19(23-24-20)22(29)26-11-9-25(10-12-26)21(28)18-13-30-16-7-3-4-8-17(16)31-18/h1-8,18H,9-13H2,(H,24,27)/t18-/m0/s1. The van der Waals surface area contributed by atoms with Crippen LogP contribution in [0.15, 0.2) is 53.3 Å². The average molecular weight is 420 g/mol. The SMILES string of the molecule is O=C(c1n[nH]c(=O)c2ccccc12)N1CCN(C(=O)[C@@H]2COc3ccccc3O2)CC1. The van der Waals surface area contributed by atoms with Crippen LogP contribution >= 0.6 is 0 Å². The van der Waals surface area contributed by atoms with Crippen molar-refractivity contribution in [3.05, 3.63) is 64.6 Å². The van der Waals surface area contributed by atoms with E-state index >= 15 is 0 Å². The molecule has 1 atom stereocenters. The number of aromatic nitrogens is 2. The molecule has 2 aromatic carbocycles. The highest BCUT2D eigenvalue weighted by atomic mass is 16.6. The Morgan fingerprint density at radius 1 is 0.903 bits per heavy atom. The van der Waals surface area contributed by atoms with Crippen molar-refractivity contribution in [1.82, 2.24) is 20.0 Å². The highest BCUT2D eigenvalue weighted by molar-refractivity contribution is 6.04. The molecule has 0 radical (unpaired) electrons. The minimum atomic E-state index is -0.707. The minimum Gasteiger partial charge on any atom is -0.485 e. The van der Waals surface area contributed by atoms with Crippen LogP contribution in [0, 0.1) is 0 Å². The van der Waals surface area contributed by atoms with Crippen molar-refractivity contribution in [2.75, 3.05) is 32.8 Å². The van der Waals surface area contributed by atoms with E-state index in [1.165, 1.54) is 0 Å². The fourth-order valence-corrected chi connectivity index (χ4v) is 3.90. The molecule has 2 aliphatic rings. The molecule has 0 unspecified atom stereocenters. The second kappa shape index (κ2) is 7.75. The molecule has 2 amide bonds. The molecule has 1 N–H and O–H groups in total. The summed E-state index contributed by atoms with van der Waals surface area (Å²) in [5.74, 6) is 0.750. The fraction of sp³-hybridized carbons (Fsp3) is 0.273. The monoisotopic (exact) mass is 420 g/mol. The van der Waals surface area contributed by atoms with E-state index < -0.39 is 6.10 Å². The van der Waals surface area contributed by atoms with Gasteiger partial charge in [0.25, 0.3) is 17.4 Å². The molecule has 0 saturated carbocycles. The molecule has 9 nitrogen and oxygen atoms in total. The third-order valence-corrected chi connectivity index (χ3v) is 5.56. The van der Waals surface area contributed by atoms with Crippen LogP contribution in [0.5, 0.6) is 11.5 Å². The summed E-state index contributed by atoms with van der Waals surface area (Å²) in [5.41, 5.74) is -0.130. The Kier molecular flexibility index (Phi) is 4.78. The lowest BCUT2D eigenvalue weighted by atomic mass is 10.1. The third kappa shape index (κ3) is 3.48. The first kappa shape index (κ1) is 19.1. The third-order valence-electron chi connectivity index (χ3n) is 5.56. The van der Waals surface area contributed by atoms with E-state index in [2.05, 4.69) is 10.2 Å². The predicted molar refractivity (Wildman–Crippen MR) is 111 cm³/mol. The van der Waals surface area contributed by atoms with Gasteiger partial charge in [-0.3, -0.25) is 14.4 Å². The molecular formula is C22H20N4O5. The van der Waals surface area contributed by atoms with Gasteiger partial charge in [-0.05, 0) is 18.2 Å². The van der Waals surface area contributed by atoms with Crippen LogP contribution in [-0.2, 0) is 4.79 Å². The maximum absolute atomic E-state index is 13.0. The summed E-state index contributed by atoms with van der Waals surface area (Å²) >= 11 is 0. The van der Waals surface area contributed by atoms with Crippen LogP contribution < -0.4 is 15.0 Å². The van der Waals surface area contributed by atoms with Crippen molar-refractivity contribution in [3.8, 4) is 11.5 Å². The first-order chi connectivity index (χ1) is 15.1. The first-order valence-corrected chi connectivity index (χ1v) is 10.1. The van der Waals surface area contributed by atoms with E-state index in [1.807, 2.05) is 12.1 Å². The van der Waals surface area contributed by atoms with Crippen molar-refractivity contribution in [3.63, 3.8) is 0 Å². The number of fused-ring (bicyclic) bond motifs is 2. The largest absolute Gasteiger partial charge is 0.485 e. The van der Waals surface area contributed by atoms with Gasteiger partial charge in [-0.25, -0.2) is 5.10 Å². The Hall–Kier alpha value is -3.88. The van der Waals surface area contributed by atoms with Crippen LogP contribution in [0.4, 0.5) is 0 Å². The van der Waals surface area contributed by atoms with Crippen molar-refractivity contribution >= 4 is 22.6 Å². The summed E-state index contributed by atoms with van der Waals surface area (Å²) in [6.45, 7) is 1.65. The van der Waals surface area contributed by atoms with Crippen LogP contribution in [-0.4, -0.2) is 70.7 Å². The summed E-state index contributed by atoms with van der Waals surface area (Å²) in [6, 6.07) is 14.1. The van der Waals surface area contributed by atoms with Gasteiger partial charge in [-0.15, -0.1) is 0 Å². The molecule has 1 saturated heterocycles. The molecule has 0 aliphatic carbocycles. The molecule has 9 heteroatoms. The summed E-state index contributed by atoms with van der Waals surface area (Å²) in [4.78, 5) is 41.2. The zero-order chi connectivity index (χ0) is 21.4. The Bertz CT molecular complexity index is 1220. The molecule has 1 fully saturated rings. The number of H-pyrrole nitrogens is 1. The number of hydrogen-bond acceptors (Lipinski definition) is 6. The number of carbonyl (C=O) groups excluding carboxylic acids is 2. The Morgan fingerprint density at radius 2 is 1.55 bits per heavy atom. The van der Waals surface area contributed by atoms with Crippen LogP contribution in [0.3, 0.4) is 0 Å². The summed E-state index contributed by atoms with van der Waals surface area (Å²) in [7, 11) is 0. The topological polar surface area (TPSA) is 105 Å². The second-order valence-electron chi connectivity index (χ2n) is 7.43. The van der Waals surface area contributed by atoms with Crippen LogP contribution in [0.25, 0.3) is 10.8 Å². The molecule has 1 aromatic heterocycles. The minimum absolute atomic E-state index is 0.155. The van der Waals surface area contributed by atoms with Gasteiger partial charge in [0.15, 0.2) is 17.2 Å². The summed E-state index contributed by atoms with van der Waals surface area (Å²) in [5, 5.41) is 7.31. The van der Waals surface area contributed by atoms with Crippen molar-refractivity contribution in [2.45, 2.75) is 6.10 Å². The number of para-hydroxylation sites is 2. The number of piperazine rings is 1. The zero-order valence-corrected chi connectivity index (χ0v) is 16.6. The van der Waals surface area contributed by atoms with Gasteiger partial charge in [-0.1, -0.05) is 30.3 Å². The van der Waals surface area contributed by atoms with Crippen LogP contribution in [0.1, 0.15) is 10.5 Å². The van der Waals surface area contributed by atoms with Gasteiger partial charge in [0, 0.05) is 31.6 Å². The first-order valence-electron chi connectivity index (χ1n) is 10.1. The molecule has 2 aliphatic heterocycles. The fourth-order valence-electron chi connectivity index (χ4n) is 3.90. The van der Waals surface area contributed by atoms with E-state index in [1.54, 1.807) is 46.2 Å². The summed E-state index contributed by atoms with van der Waals surface area (Å²) in [6.07, 6.45) is -0.707. The molecule has 0 bridgehead atoms. The van der Waals surface area contributed by atoms with Crippen LogP contribution in [0.2, 0.25) is 0 Å². The number of ether oxygens (including phenoxy) is 2. The Labute approximate surface area is 177 Å². The van der Waals surface area contributed by atoms with E-state index in [9.17, 15) is 14.4 Å². The lowest BCUT2D eigenvalue weighted by Crippen LogP contribution is -2.55. The quantitative estimate of drug-likeness (QED) is 0.665. The molecule has 158 valence electrons. The van der Waals surface area contributed by atoms with Gasteiger partial charge < -0.3 is 19.3 Å². The number of nitrogens with zero attached hydrogens (tertiary/aromatic N) is 3. The maximum atomic E-state index is 13.0. The van der Waals surface area contributed by atoms with E-state index in [0.717, 1.165) is 0 Å². The van der Waals surface area contributed by atoms with Crippen molar-refractivity contribution in [2.24, 2.45) is 0 Å². The van der Waals surface area contributed by atoms with Crippen molar-refractivity contribution < 1.29 is 19.1 Å². The number of benzene rings is 2. The lowest BCUT2D eigenvalue weighted by Gasteiger charge is -2.37. The van der Waals surface area contributed by atoms with Gasteiger partial charge in [0.2, 0.25) is 6.10 Å². The smallest absolute Gasteiger partial charge is 0.275 e. The highest BCUT2D eigenvalue weighted by Crippen LogP contribution is 2.31. The number of rotatable bonds is 2. The number of nitrogens with one attached hydrogen (secondary N) is 1. The van der Waals surface area contributed by atoms with Gasteiger partial charge in [0.1, 0.15) is 6.61 Å². The maximum Gasteiger partial charge on any atom is 0.275 e. The second-order valence-corrected chi connectivity index (χ2v) is 7.43. The van der Waals surface area contributed by atoms with Gasteiger partial charge in [0.05, 0.1) is 5.39 Å². The molecule has 5 rings (SSSR count). The summed E-state index contributed by atoms with van der Waals surface area (Å²) < 4.78 is 11.5. The molecule has 3 aromatic rings. The van der Waals surface area contributed by atoms with E-state index in [4.69, 9.17) is 9.47 Å². The Morgan fingerprint density at radius 3 is 2.32 bits per heavy atom. The van der Waals surface area contributed by atoms with Gasteiger partial charge >= 0.3 is 0 Å². The number of amides is 2. The zero-order valence-electron chi connectivity index (χ0n) is 16.6. The predicted octanol–water partition coefficient (Wildman–Crippen LogP) is 1.05. The van der Waals surface area contributed by atoms with Gasteiger partial charge in [-0.2, -0.15) is 5.10 Å². The van der Waals surface area contributed by atoms with Crippen molar-refractivity contribution in [1.29, 1.82) is 0 Å². The normalized spacial score (nSPS) is 18.1. The average Bonchev–Trinajstić information content (AvgIpc) is 2.83. The molecular weight excluding hydrogens is 400 g/mol. The Balaban J connectivity index is 1.26. The number of carbonyl (C=O) groups is 2. The molecule has 0 spiro atoms. The highest BCUT2D eigenvalue weighted by Gasteiger charge is 2.34. The number of aromatic amines is 1. The number of hydrogen-bond donors (Lipinski definition) is 1. The molecule has 3 heterocycles. The molecule has 31 heavy (non-hydrogen) atoms. The van der Waals surface area contributed by atoms with E-state index in [-0.39, 0.29) is 29.7 Å².